The Labute approximate surface area is 136 Å². The predicted octanol–water partition coefficient (Wildman–Crippen LogP) is 2.90. The van der Waals surface area contributed by atoms with Gasteiger partial charge in [-0.3, -0.25) is 0 Å². The van der Waals surface area contributed by atoms with Gasteiger partial charge in [-0.15, -0.1) is 10.1 Å². The molecule has 0 spiro atoms. The molecule has 2 aromatic carbocycles. The first kappa shape index (κ1) is 17.0. The van der Waals surface area contributed by atoms with Crippen LogP contribution in [0.25, 0.3) is 0 Å². The van der Waals surface area contributed by atoms with Gasteiger partial charge in [0.2, 0.25) is 0 Å². The average Bonchev–Trinajstić information content (AvgIpc) is 2.44. The van der Waals surface area contributed by atoms with Gasteiger partial charge in [0.1, 0.15) is 5.84 Å². The van der Waals surface area contributed by atoms with E-state index in [1.54, 1.807) is 45.0 Å². The minimum absolute atomic E-state index is 0.0163. The van der Waals surface area contributed by atoms with Crippen molar-refractivity contribution in [1.29, 1.82) is 0 Å². The van der Waals surface area contributed by atoms with Gasteiger partial charge in [-0.2, -0.15) is 8.42 Å². The first-order valence-corrected chi connectivity index (χ1v) is 8.56. The van der Waals surface area contributed by atoms with E-state index >= 15 is 0 Å². The SMILES string of the molecule is CC(=NS(=O)(=O)c1ccc(C)cc1)Nc1cc(C)c([O-])c(C)c1. The van der Waals surface area contributed by atoms with Gasteiger partial charge >= 0.3 is 0 Å². The molecule has 23 heavy (non-hydrogen) atoms. The molecular formula is C17H19N2O3S-. The number of amidine groups is 1. The Kier molecular flexibility index (Phi) is 4.75. The second-order valence-corrected chi connectivity index (χ2v) is 7.13. The molecule has 0 fully saturated rings. The van der Waals surface area contributed by atoms with Gasteiger partial charge in [0.15, 0.2) is 0 Å². The Morgan fingerprint density at radius 3 is 2.09 bits per heavy atom. The van der Waals surface area contributed by atoms with Crippen LogP contribution in [0.2, 0.25) is 0 Å². The van der Waals surface area contributed by atoms with E-state index in [9.17, 15) is 13.5 Å². The van der Waals surface area contributed by atoms with E-state index in [0.29, 0.717) is 16.8 Å². The van der Waals surface area contributed by atoms with Crippen LogP contribution in [0, 0.1) is 20.8 Å². The van der Waals surface area contributed by atoms with Crippen molar-refractivity contribution < 1.29 is 13.5 Å². The Morgan fingerprint density at radius 2 is 1.57 bits per heavy atom. The lowest BCUT2D eigenvalue weighted by Crippen LogP contribution is -2.11. The standard InChI is InChI=1S/C17H20N2O3S/c1-11-5-7-16(8-6-11)23(21,22)19-14(4)18-15-9-12(2)17(20)13(3)10-15/h5-10,20H,1-4H3,(H,18,19)/p-1. The molecule has 0 amide bonds. The minimum atomic E-state index is -3.76. The minimum Gasteiger partial charge on any atom is -0.872 e. The molecule has 0 aliphatic heterocycles. The van der Waals surface area contributed by atoms with E-state index in [-0.39, 0.29) is 16.5 Å². The summed E-state index contributed by atoms with van der Waals surface area (Å²) in [5, 5.41) is 14.6. The molecule has 1 N–H and O–H groups in total. The summed E-state index contributed by atoms with van der Waals surface area (Å²) in [6.07, 6.45) is 0. The average molecular weight is 331 g/mol. The fourth-order valence-corrected chi connectivity index (χ4v) is 3.19. The van der Waals surface area contributed by atoms with E-state index in [0.717, 1.165) is 5.56 Å². The van der Waals surface area contributed by atoms with Gasteiger partial charge < -0.3 is 10.4 Å². The van der Waals surface area contributed by atoms with Gasteiger partial charge in [-0.1, -0.05) is 28.8 Å². The number of benzene rings is 2. The third kappa shape index (κ3) is 4.10. The van der Waals surface area contributed by atoms with E-state index in [1.807, 2.05) is 6.92 Å². The third-order valence-electron chi connectivity index (χ3n) is 3.36. The molecular weight excluding hydrogens is 312 g/mol. The van der Waals surface area contributed by atoms with Crippen LogP contribution in [0.1, 0.15) is 23.6 Å². The number of nitrogens with zero attached hydrogens (tertiary/aromatic N) is 1. The van der Waals surface area contributed by atoms with Crippen molar-refractivity contribution in [2.45, 2.75) is 32.6 Å². The summed E-state index contributed by atoms with van der Waals surface area (Å²) in [7, 11) is -3.76. The number of rotatable bonds is 3. The van der Waals surface area contributed by atoms with Crippen molar-refractivity contribution in [1.82, 2.24) is 0 Å². The number of hydrogen-bond acceptors (Lipinski definition) is 3. The highest BCUT2D eigenvalue weighted by Crippen LogP contribution is 2.23. The molecule has 0 aromatic heterocycles. The second-order valence-electron chi connectivity index (χ2n) is 5.53. The van der Waals surface area contributed by atoms with Crippen LogP contribution in [0.5, 0.6) is 5.75 Å². The zero-order valence-electron chi connectivity index (χ0n) is 13.5. The zero-order chi connectivity index (χ0) is 17.2. The van der Waals surface area contributed by atoms with Gasteiger partial charge in [0.25, 0.3) is 10.0 Å². The molecule has 0 bridgehead atoms. The van der Waals surface area contributed by atoms with Crippen LogP contribution in [0.3, 0.4) is 0 Å². The number of anilines is 1. The van der Waals surface area contributed by atoms with Crippen LogP contribution in [-0.2, 0) is 10.0 Å². The lowest BCUT2D eigenvalue weighted by Gasteiger charge is -2.16. The topological polar surface area (TPSA) is 81.6 Å². The largest absolute Gasteiger partial charge is 0.872 e. The van der Waals surface area contributed by atoms with E-state index in [4.69, 9.17) is 0 Å². The molecule has 6 heteroatoms. The summed E-state index contributed by atoms with van der Waals surface area (Å²) >= 11 is 0. The quantitative estimate of drug-likeness (QED) is 0.692. The molecule has 0 aliphatic rings. The predicted molar refractivity (Wildman–Crippen MR) is 90.5 cm³/mol. The fourth-order valence-electron chi connectivity index (χ4n) is 2.20. The molecule has 0 heterocycles. The number of sulfonamides is 1. The van der Waals surface area contributed by atoms with Gasteiger partial charge in [-0.25, -0.2) is 0 Å². The summed E-state index contributed by atoms with van der Waals surface area (Å²) in [5.41, 5.74) is 2.81. The van der Waals surface area contributed by atoms with Crippen LogP contribution in [-0.4, -0.2) is 14.3 Å². The highest BCUT2D eigenvalue weighted by atomic mass is 32.2. The maximum atomic E-state index is 12.3. The molecule has 122 valence electrons. The molecule has 2 rings (SSSR count). The molecule has 0 radical (unpaired) electrons. The summed E-state index contributed by atoms with van der Waals surface area (Å²) in [6, 6.07) is 9.86. The van der Waals surface area contributed by atoms with Crippen molar-refractivity contribution in [3.8, 4) is 5.75 Å². The molecule has 0 aliphatic carbocycles. The first-order chi connectivity index (χ1) is 10.7. The molecule has 2 aromatic rings. The van der Waals surface area contributed by atoms with Crippen LogP contribution in [0.4, 0.5) is 5.69 Å². The Balaban J connectivity index is 2.27. The zero-order valence-corrected chi connectivity index (χ0v) is 14.4. The monoisotopic (exact) mass is 331 g/mol. The maximum Gasteiger partial charge on any atom is 0.283 e. The van der Waals surface area contributed by atoms with Gasteiger partial charge in [0, 0.05) is 5.69 Å². The maximum absolute atomic E-state index is 12.3. The summed E-state index contributed by atoms with van der Waals surface area (Å²) in [6.45, 7) is 6.89. The van der Waals surface area contributed by atoms with E-state index in [1.165, 1.54) is 12.1 Å². The van der Waals surface area contributed by atoms with Crippen molar-refractivity contribution in [2.75, 3.05) is 5.32 Å². The Hall–Kier alpha value is -2.34. The molecule has 0 saturated heterocycles. The lowest BCUT2D eigenvalue weighted by atomic mass is 10.1. The first-order valence-electron chi connectivity index (χ1n) is 7.12. The summed E-state index contributed by atoms with van der Waals surface area (Å²) in [5.74, 6) is 0.223. The number of aryl methyl sites for hydroxylation is 3. The molecule has 0 atom stereocenters. The molecule has 0 saturated carbocycles. The molecule has 0 unspecified atom stereocenters. The summed E-state index contributed by atoms with van der Waals surface area (Å²) < 4.78 is 28.3. The Bertz CT molecular complexity index is 831. The smallest absolute Gasteiger partial charge is 0.283 e. The highest BCUT2D eigenvalue weighted by molar-refractivity contribution is 7.90. The van der Waals surface area contributed by atoms with Gasteiger partial charge in [-0.05, 0) is 52.0 Å². The van der Waals surface area contributed by atoms with Crippen molar-refractivity contribution >= 4 is 21.5 Å². The fraction of sp³-hybridized carbons (Fsp3) is 0.235. The van der Waals surface area contributed by atoms with Crippen LogP contribution >= 0.6 is 0 Å². The van der Waals surface area contributed by atoms with E-state index in [2.05, 4.69) is 9.71 Å². The number of hydrogen-bond donors (Lipinski definition) is 1. The Morgan fingerprint density at radius 1 is 1.04 bits per heavy atom. The van der Waals surface area contributed by atoms with Crippen LogP contribution in [0.15, 0.2) is 45.7 Å². The summed E-state index contributed by atoms with van der Waals surface area (Å²) in [4.78, 5) is 0.145. The van der Waals surface area contributed by atoms with E-state index < -0.39 is 10.0 Å². The molecule has 5 nitrogen and oxygen atoms in total. The van der Waals surface area contributed by atoms with Crippen molar-refractivity contribution in [2.24, 2.45) is 4.40 Å². The third-order valence-corrected chi connectivity index (χ3v) is 4.74. The van der Waals surface area contributed by atoms with Crippen molar-refractivity contribution in [3.63, 3.8) is 0 Å². The number of nitrogens with one attached hydrogen (secondary N) is 1. The normalized spacial score (nSPS) is 12.3. The lowest BCUT2D eigenvalue weighted by molar-refractivity contribution is -0.270. The van der Waals surface area contributed by atoms with Gasteiger partial charge in [0.05, 0.1) is 4.90 Å². The highest BCUT2D eigenvalue weighted by Gasteiger charge is 2.13. The second kappa shape index (κ2) is 6.42. The van der Waals surface area contributed by atoms with Crippen molar-refractivity contribution in [3.05, 3.63) is 53.1 Å². The van der Waals surface area contributed by atoms with Crippen LogP contribution < -0.4 is 10.4 Å².